The van der Waals surface area contributed by atoms with Crippen molar-refractivity contribution < 1.29 is 24.5 Å². The van der Waals surface area contributed by atoms with Gasteiger partial charge in [0.1, 0.15) is 0 Å². The molecule has 0 heterocycles. The van der Waals surface area contributed by atoms with Gasteiger partial charge >= 0.3 is 5.97 Å². The number of rotatable bonds is 62. The van der Waals surface area contributed by atoms with Gasteiger partial charge in [-0.1, -0.05) is 321 Å². The summed E-state index contributed by atoms with van der Waals surface area (Å²) in [6.07, 6.45) is 75.1. The number of unbranched alkanes of at least 4 members (excludes halogenated alkanes) is 49. The Balaban J connectivity index is 3.42. The van der Waals surface area contributed by atoms with Gasteiger partial charge in [0.2, 0.25) is 5.91 Å². The quantitative estimate of drug-likeness (QED) is 0.0320. The summed E-state index contributed by atoms with van der Waals surface area (Å²) >= 11 is 0. The van der Waals surface area contributed by atoms with Crippen LogP contribution in [0, 0.1) is 0 Å². The molecule has 0 aromatic carbocycles. The van der Waals surface area contributed by atoms with Crippen molar-refractivity contribution in [3.63, 3.8) is 0 Å². The Labute approximate surface area is 450 Å². The number of esters is 1. The fourth-order valence-corrected chi connectivity index (χ4v) is 10.5. The molecule has 6 heteroatoms. The molecule has 0 spiro atoms. The summed E-state index contributed by atoms with van der Waals surface area (Å²) in [7, 11) is 0. The lowest BCUT2D eigenvalue weighted by Gasteiger charge is -2.22. The molecular weight excluding hydrogens is 887 g/mol. The molecular formula is C66H129NO5. The van der Waals surface area contributed by atoms with Crippen molar-refractivity contribution in [2.45, 2.75) is 386 Å². The minimum absolute atomic E-state index is 0.00377. The Morgan fingerprint density at radius 1 is 0.375 bits per heavy atom. The number of hydrogen-bond donors (Lipinski definition) is 3. The lowest BCUT2D eigenvalue weighted by Crippen LogP contribution is -2.45. The van der Waals surface area contributed by atoms with Gasteiger partial charge in [0.25, 0.3) is 0 Å². The zero-order chi connectivity index (χ0) is 52.2. The third-order valence-corrected chi connectivity index (χ3v) is 15.6. The molecule has 72 heavy (non-hydrogen) atoms. The molecule has 0 bridgehead atoms. The van der Waals surface area contributed by atoms with Gasteiger partial charge in [-0.05, 0) is 51.4 Å². The summed E-state index contributed by atoms with van der Waals surface area (Å²) in [4.78, 5) is 24.6. The highest BCUT2D eigenvalue weighted by Gasteiger charge is 2.20. The number of allylic oxidation sites excluding steroid dienone is 2. The summed E-state index contributed by atoms with van der Waals surface area (Å²) in [6, 6.07) is -0.551. The molecule has 0 rings (SSSR count). The second kappa shape index (κ2) is 62.1. The number of carbonyl (C=O) groups is 2. The predicted molar refractivity (Wildman–Crippen MR) is 315 cm³/mol. The van der Waals surface area contributed by atoms with Gasteiger partial charge in [0.05, 0.1) is 25.4 Å². The van der Waals surface area contributed by atoms with E-state index in [-0.39, 0.29) is 18.5 Å². The lowest BCUT2D eigenvalue weighted by molar-refractivity contribution is -0.143. The van der Waals surface area contributed by atoms with Crippen LogP contribution in [0.5, 0.6) is 0 Å². The van der Waals surface area contributed by atoms with Crippen molar-refractivity contribution in [3.8, 4) is 0 Å². The predicted octanol–water partition coefficient (Wildman–Crippen LogP) is 20.8. The average Bonchev–Trinajstić information content (AvgIpc) is 3.38. The third kappa shape index (κ3) is 57.9. The molecule has 1 amide bonds. The van der Waals surface area contributed by atoms with Crippen LogP contribution < -0.4 is 5.32 Å². The monoisotopic (exact) mass is 1020 g/mol. The molecule has 6 nitrogen and oxygen atoms in total. The fraction of sp³-hybridized carbons (Fsp3) is 0.939. The van der Waals surface area contributed by atoms with E-state index in [0.717, 1.165) is 51.4 Å². The van der Waals surface area contributed by atoms with E-state index < -0.39 is 12.1 Å². The maximum atomic E-state index is 12.5. The van der Waals surface area contributed by atoms with Crippen LogP contribution in [-0.4, -0.2) is 47.4 Å². The standard InChI is InChI=1S/C66H129NO5/c1-3-5-7-9-11-13-15-17-19-21-23-24-26-30-34-38-42-46-50-54-58-64(69)63(62-68)67-65(70)59-55-51-47-43-39-35-31-27-25-29-33-37-41-45-49-53-57-61-72-66(71)60-56-52-48-44-40-36-32-28-22-20-18-16-14-12-10-8-6-4-2/h25,29,63-64,68-69H,3-24,26-28,30-62H2,1-2H3,(H,67,70)/b29-25-. The van der Waals surface area contributed by atoms with Crippen LogP contribution in [0.4, 0.5) is 0 Å². The Bertz CT molecular complexity index is 1080. The molecule has 3 N–H and O–H groups in total. The van der Waals surface area contributed by atoms with Crippen molar-refractivity contribution in [2.24, 2.45) is 0 Å². The SMILES string of the molecule is CCCCCCCCCCCCCCCCCCCCCCC(O)C(CO)NC(=O)CCCCCCCCC/C=C\CCCCCCCCOC(=O)CCCCCCCCCCCCCCCCCCCC. The Kier molecular flexibility index (Phi) is 60.9. The molecule has 2 unspecified atom stereocenters. The van der Waals surface area contributed by atoms with Crippen molar-refractivity contribution in [2.75, 3.05) is 13.2 Å². The highest BCUT2D eigenvalue weighted by atomic mass is 16.5. The maximum Gasteiger partial charge on any atom is 0.305 e. The minimum atomic E-state index is -0.672. The van der Waals surface area contributed by atoms with E-state index in [2.05, 4.69) is 31.3 Å². The molecule has 0 radical (unpaired) electrons. The molecule has 0 aromatic rings. The number of carbonyl (C=O) groups excluding carboxylic acids is 2. The van der Waals surface area contributed by atoms with Crippen LogP contribution in [0.1, 0.15) is 373 Å². The third-order valence-electron chi connectivity index (χ3n) is 15.6. The molecule has 0 aliphatic rings. The topological polar surface area (TPSA) is 95.9 Å². The van der Waals surface area contributed by atoms with E-state index >= 15 is 0 Å². The molecule has 0 saturated carbocycles. The molecule has 0 fully saturated rings. The molecule has 0 saturated heterocycles. The van der Waals surface area contributed by atoms with Gasteiger partial charge in [-0.3, -0.25) is 9.59 Å². The second-order valence-electron chi connectivity index (χ2n) is 22.8. The first-order chi connectivity index (χ1) is 35.5. The second-order valence-corrected chi connectivity index (χ2v) is 22.8. The Morgan fingerprint density at radius 2 is 0.653 bits per heavy atom. The van der Waals surface area contributed by atoms with E-state index in [9.17, 15) is 19.8 Å². The van der Waals surface area contributed by atoms with Gasteiger partial charge in [-0.25, -0.2) is 0 Å². The first-order valence-electron chi connectivity index (χ1n) is 32.9. The molecule has 2 atom stereocenters. The van der Waals surface area contributed by atoms with Crippen LogP contribution in [-0.2, 0) is 14.3 Å². The lowest BCUT2D eigenvalue weighted by atomic mass is 10.0. The van der Waals surface area contributed by atoms with E-state index in [0.29, 0.717) is 25.9 Å². The highest BCUT2D eigenvalue weighted by molar-refractivity contribution is 5.76. The molecule has 0 aliphatic heterocycles. The number of aliphatic hydroxyl groups is 2. The molecule has 0 aromatic heterocycles. The minimum Gasteiger partial charge on any atom is -0.466 e. The first kappa shape index (κ1) is 70.6. The van der Waals surface area contributed by atoms with Crippen molar-refractivity contribution in [1.29, 1.82) is 0 Å². The number of hydrogen-bond acceptors (Lipinski definition) is 5. The van der Waals surface area contributed by atoms with Gasteiger partial charge < -0.3 is 20.3 Å². The highest BCUT2D eigenvalue weighted by Crippen LogP contribution is 2.18. The summed E-state index contributed by atoms with van der Waals surface area (Å²) in [5.74, 6) is -0.0390. The first-order valence-corrected chi connectivity index (χ1v) is 32.9. The van der Waals surface area contributed by atoms with Gasteiger partial charge in [-0.15, -0.1) is 0 Å². The maximum absolute atomic E-state index is 12.5. The summed E-state index contributed by atoms with van der Waals surface area (Å²) in [5.41, 5.74) is 0. The number of amides is 1. The van der Waals surface area contributed by atoms with E-state index in [1.54, 1.807) is 0 Å². The zero-order valence-corrected chi connectivity index (χ0v) is 48.9. The van der Waals surface area contributed by atoms with E-state index in [1.165, 1.54) is 289 Å². The smallest absolute Gasteiger partial charge is 0.305 e. The Hall–Kier alpha value is -1.40. The normalized spacial score (nSPS) is 12.6. The van der Waals surface area contributed by atoms with Crippen LogP contribution in [0.2, 0.25) is 0 Å². The zero-order valence-electron chi connectivity index (χ0n) is 48.9. The van der Waals surface area contributed by atoms with Crippen LogP contribution in [0.25, 0.3) is 0 Å². The number of ether oxygens (including phenoxy) is 1. The summed E-state index contributed by atoms with van der Waals surface area (Å²) in [5, 5.41) is 23.4. The van der Waals surface area contributed by atoms with Gasteiger partial charge in [0.15, 0.2) is 0 Å². The van der Waals surface area contributed by atoms with Crippen LogP contribution in [0.15, 0.2) is 12.2 Å². The molecule has 0 aliphatic carbocycles. The number of aliphatic hydroxyl groups excluding tert-OH is 2. The van der Waals surface area contributed by atoms with E-state index in [1.807, 2.05) is 0 Å². The largest absolute Gasteiger partial charge is 0.466 e. The van der Waals surface area contributed by atoms with Gasteiger partial charge in [0, 0.05) is 12.8 Å². The summed E-state index contributed by atoms with van der Waals surface area (Å²) < 4.78 is 5.49. The van der Waals surface area contributed by atoms with Crippen molar-refractivity contribution >= 4 is 11.9 Å². The van der Waals surface area contributed by atoms with Crippen LogP contribution in [0.3, 0.4) is 0 Å². The van der Waals surface area contributed by atoms with Gasteiger partial charge in [-0.2, -0.15) is 0 Å². The Morgan fingerprint density at radius 3 is 0.986 bits per heavy atom. The summed E-state index contributed by atoms with van der Waals surface area (Å²) in [6.45, 7) is 4.97. The van der Waals surface area contributed by atoms with Crippen LogP contribution >= 0.6 is 0 Å². The van der Waals surface area contributed by atoms with Crippen molar-refractivity contribution in [1.82, 2.24) is 5.32 Å². The average molecular weight is 1020 g/mol. The van der Waals surface area contributed by atoms with Crippen molar-refractivity contribution in [3.05, 3.63) is 12.2 Å². The fourth-order valence-electron chi connectivity index (χ4n) is 10.5. The molecule has 428 valence electrons. The van der Waals surface area contributed by atoms with E-state index in [4.69, 9.17) is 4.74 Å². The number of nitrogens with one attached hydrogen (secondary N) is 1.